The van der Waals surface area contributed by atoms with E-state index in [2.05, 4.69) is 40.7 Å². The van der Waals surface area contributed by atoms with E-state index in [9.17, 15) is 0 Å². The van der Waals surface area contributed by atoms with Crippen molar-refractivity contribution >= 4 is 0 Å². The highest BCUT2D eigenvalue weighted by Crippen LogP contribution is 2.12. The van der Waals surface area contributed by atoms with E-state index < -0.39 is 0 Å². The first-order valence-electron chi connectivity index (χ1n) is 4.68. The lowest BCUT2D eigenvalue weighted by molar-refractivity contribution is 0.625. The third-order valence-corrected chi connectivity index (χ3v) is 1.67. The Morgan fingerprint density at radius 2 is 1.64 bits per heavy atom. The summed E-state index contributed by atoms with van der Waals surface area (Å²) in [5, 5.41) is 0. The van der Waals surface area contributed by atoms with Crippen LogP contribution in [0.25, 0.3) is 0 Å². The van der Waals surface area contributed by atoms with Crippen LogP contribution in [0.3, 0.4) is 0 Å². The third-order valence-electron chi connectivity index (χ3n) is 1.67. The largest absolute Gasteiger partial charge is 0.0853 e. The van der Waals surface area contributed by atoms with Gasteiger partial charge in [0.25, 0.3) is 0 Å². The Kier molecular flexibility index (Phi) is 5.27. The van der Waals surface area contributed by atoms with Gasteiger partial charge in [0.05, 0.1) is 0 Å². The fraction of sp³-hybridized carbons (Fsp3) is 0.818. The SMILES string of the molecule is C/C(=C\CC(C)C)CC(C)C. The summed E-state index contributed by atoms with van der Waals surface area (Å²) >= 11 is 0. The summed E-state index contributed by atoms with van der Waals surface area (Å²) in [5.74, 6) is 1.61. The van der Waals surface area contributed by atoms with Gasteiger partial charge >= 0.3 is 0 Å². The van der Waals surface area contributed by atoms with E-state index in [1.165, 1.54) is 12.8 Å². The van der Waals surface area contributed by atoms with Crippen LogP contribution in [0.5, 0.6) is 0 Å². The van der Waals surface area contributed by atoms with Gasteiger partial charge in [0.2, 0.25) is 0 Å². The molecule has 0 aliphatic rings. The van der Waals surface area contributed by atoms with Crippen LogP contribution in [0.2, 0.25) is 0 Å². The zero-order valence-corrected chi connectivity index (χ0v) is 8.65. The molecule has 66 valence electrons. The minimum absolute atomic E-state index is 0.803. The first-order chi connectivity index (χ1) is 5.02. The van der Waals surface area contributed by atoms with E-state index in [0.717, 1.165) is 11.8 Å². The molecular formula is C11H22. The predicted octanol–water partition coefficient (Wildman–Crippen LogP) is 4.02. The van der Waals surface area contributed by atoms with Gasteiger partial charge in [0, 0.05) is 0 Å². The first kappa shape index (κ1) is 10.7. The van der Waals surface area contributed by atoms with Crippen molar-refractivity contribution in [1.82, 2.24) is 0 Å². The van der Waals surface area contributed by atoms with Crippen molar-refractivity contribution in [2.75, 3.05) is 0 Å². The summed E-state index contributed by atoms with van der Waals surface area (Å²) in [7, 11) is 0. The third kappa shape index (κ3) is 7.64. The van der Waals surface area contributed by atoms with Gasteiger partial charge in [0.1, 0.15) is 0 Å². The smallest absolute Gasteiger partial charge is 0.0300 e. The monoisotopic (exact) mass is 154 g/mol. The molecule has 0 aromatic rings. The topological polar surface area (TPSA) is 0 Å². The molecule has 11 heavy (non-hydrogen) atoms. The van der Waals surface area contributed by atoms with Crippen LogP contribution >= 0.6 is 0 Å². The molecule has 0 aliphatic heterocycles. The summed E-state index contributed by atoms with van der Waals surface area (Å²) < 4.78 is 0. The fourth-order valence-corrected chi connectivity index (χ4v) is 1.16. The van der Waals surface area contributed by atoms with Crippen molar-refractivity contribution in [2.45, 2.75) is 47.5 Å². The van der Waals surface area contributed by atoms with Gasteiger partial charge in [-0.3, -0.25) is 0 Å². The van der Waals surface area contributed by atoms with Crippen LogP contribution in [0.1, 0.15) is 47.5 Å². The standard InChI is InChI=1S/C11H22/c1-9(2)6-7-11(5)8-10(3)4/h7,9-10H,6,8H2,1-5H3/b11-7+. The average Bonchev–Trinajstić information content (AvgIpc) is 1.82. The number of allylic oxidation sites excluding steroid dienone is 2. The van der Waals surface area contributed by atoms with Gasteiger partial charge in [0.15, 0.2) is 0 Å². The molecule has 0 radical (unpaired) electrons. The molecule has 0 rings (SSSR count). The van der Waals surface area contributed by atoms with Gasteiger partial charge < -0.3 is 0 Å². The maximum atomic E-state index is 2.38. The molecule has 0 aromatic heterocycles. The zero-order valence-electron chi connectivity index (χ0n) is 8.65. The summed E-state index contributed by atoms with van der Waals surface area (Å²) in [6.45, 7) is 11.3. The molecule has 0 atom stereocenters. The van der Waals surface area contributed by atoms with Gasteiger partial charge in [-0.25, -0.2) is 0 Å². The number of hydrogen-bond donors (Lipinski definition) is 0. The summed E-state index contributed by atoms with van der Waals surface area (Å²) in [4.78, 5) is 0. The molecule has 0 nitrogen and oxygen atoms in total. The van der Waals surface area contributed by atoms with Gasteiger partial charge in [-0.1, -0.05) is 39.3 Å². The van der Waals surface area contributed by atoms with Crippen LogP contribution in [0.15, 0.2) is 11.6 Å². The van der Waals surface area contributed by atoms with Gasteiger partial charge in [-0.2, -0.15) is 0 Å². The molecule has 0 unspecified atom stereocenters. The average molecular weight is 154 g/mol. The fourth-order valence-electron chi connectivity index (χ4n) is 1.16. The molecule has 0 aliphatic carbocycles. The highest BCUT2D eigenvalue weighted by molar-refractivity contribution is 4.98. The summed E-state index contributed by atoms with van der Waals surface area (Å²) in [6.07, 6.45) is 4.87. The van der Waals surface area contributed by atoms with E-state index in [1.54, 1.807) is 5.57 Å². The molecule has 0 saturated heterocycles. The molecule has 0 heterocycles. The molecule has 0 amide bonds. The van der Waals surface area contributed by atoms with Crippen molar-refractivity contribution in [3.63, 3.8) is 0 Å². The molecule has 0 bridgehead atoms. The molecule has 0 fully saturated rings. The van der Waals surface area contributed by atoms with Crippen molar-refractivity contribution in [2.24, 2.45) is 11.8 Å². The lowest BCUT2D eigenvalue weighted by atomic mass is 10.0. The Morgan fingerprint density at radius 1 is 1.09 bits per heavy atom. The highest BCUT2D eigenvalue weighted by Gasteiger charge is 1.95. The Hall–Kier alpha value is -0.260. The van der Waals surface area contributed by atoms with E-state index in [4.69, 9.17) is 0 Å². The Balaban J connectivity index is 3.63. The molecule has 0 saturated carbocycles. The quantitative estimate of drug-likeness (QED) is 0.536. The second-order valence-corrected chi connectivity index (χ2v) is 4.28. The summed E-state index contributed by atoms with van der Waals surface area (Å²) in [6, 6.07) is 0. The Morgan fingerprint density at radius 3 is 2.00 bits per heavy atom. The molecule has 0 heteroatoms. The van der Waals surface area contributed by atoms with Crippen molar-refractivity contribution in [1.29, 1.82) is 0 Å². The van der Waals surface area contributed by atoms with Crippen LogP contribution < -0.4 is 0 Å². The normalized spacial score (nSPS) is 13.2. The van der Waals surface area contributed by atoms with Gasteiger partial charge in [-0.05, 0) is 31.6 Å². The van der Waals surface area contributed by atoms with Crippen molar-refractivity contribution in [3.8, 4) is 0 Å². The zero-order chi connectivity index (χ0) is 8.85. The molecule has 0 aromatic carbocycles. The second kappa shape index (κ2) is 5.40. The van der Waals surface area contributed by atoms with E-state index >= 15 is 0 Å². The predicted molar refractivity (Wildman–Crippen MR) is 52.7 cm³/mol. The maximum absolute atomic E-state index is 2.38. The number of hydrogen-bond acceptors (Lipinski definition) is 0. The Bertz CT molecular complexity index is 118. The molecule has 0 spiro atoms. The first-order valence-corrected chi connectivity index (χ1v) is 4.68. The second-order valence-electron chi connectivity index (χ2n) is 4.28. The van der Waals surface area contributed by atoms with E-state index in [0.29, 0.717) is 0 Å². The number of rotatable bonds is 4. The van der Waals surface area contributed by atoms with E-state index in [1.807, 2.05) is 0 Å². The van der Waals surface area contributed by atoms with Crippen LogP contribution in [-0.4, -0.2) is 0 Å². The minimum atomic E-state index is 0.803. The lowest BCUT2D eigenvalue weighted by Crippen LogP contribution is -1.89. The van der Waals surface area contributed by atoms with Crippen LogP contribution in [0.4, 0.5) is 0 Å². The van der Waals surface area contributed by atoms with Crippen LogP contribution in [-0.2, 0) is 0 Å². The van der Waals surface area contributed by atoms with Gasteiger partial charge in [-0.15, -0.1) is 0 Å². The van der Waals surface area contributed by atoms with Crippen LogP contribution in [0, 0.1) is 11.8 Å². The van der Waals surface area contributed by atoms with Crippen molar-refractivity contribution in [3.05, 3.63) is 11.6 Å². The highest BCUT2D eigenvalue weighted by atomic mass is 14.0. The summed E-state index contributed by atoms with van der Waals surface area (Å²) in [5.41, 5.74) is 1.55. The molecule has 0 N–H and O–H groups in total. The maximum Gasteiger partial charge on any atom is -0.0300 e. The van der Waals surface area contributed by atoms with E-state index in [-0.39, 0.29) is 0 Å². The molecular weight excluding hydrogens is 132 g/mol. The minimum Gasteiger partial charge on any atom is -0.0853 e. The lowest BCUT2D eigenvalue weighted by Gasteiger charge is -2.05. The van der Waals surface area contributed by atoms with Crippen molar-refractivity contribution < 1.29 is 0 Å². The Labute approximate surface area is 71.7 Å².